The zero-order valence-electron chi connectivity index (χ0n) is 26.5. The molecule has 244 valence electrons. The molecule has 1 aliphatic carbocycles. The van der Waals surface area contributed by atoms with Crippen molar-refractivity contribution < 1.29 is 14.4 Å². The Morgan fingerprint density at radius 1 is 0.872 bits per heavy atom. The summed E-state index contributed by atoms with van der Waals surface area (Å²) in [6.45, 7) is 2.22. The fraction of sp³-hybridized carbons (Fsp3) is 0.389. The summed E-state index contributed by atoms with van der Waals surface area (Å²) in [5.41, 5.74) is 10.6. The van der Waals surface area contributed by atoms with Crippen LogP contribution in [0.3, 0.4) is 0 Å². The SMILES string of the molecule is NCC1CCC(C(=O)NC(Cc2ccc(-c3ccccc3C(=O)N3CCCCC3)cc2)C(=O)Nc2ccc(-c3nn[nH]n3)cc2)CC1. The summed E-state index contributed by atoms with van der Waals surface area (Å²) in [4.78, 5) is 42.4. The first-order chi connectivity index (χ1) is 23.0. The zero-order valence-corrected chi connectivity index (χ0v) is 26.5. The molecule has 4 aromatic rings. The molecule has 0 spiro atoms. The number of likely N-dealkylation sites (tertiary alicyclic amines) is 1. The molecule has 1 aromatic heterocycles. The predicted octanol–water partition coefficient (Wildman–Crippen LogP) is 4.59. The minimum atomic E-state index is -0.787. The number of amides is 3. The van der Waals surface area contributed by atoms with E-state index < -0.39 is 6.04 Å². The number of nitrogens with two attached hydrogens (primary N) is 1. The number of rotatable bonds is 10. The topological polar surface area (TPSA) is 159 Å². The van der Waals surface area contributed by atoms with Crippen molar-refractivity contribution in [2.45, 2.75) is 57.4 Å². The second-order valence-electron chi connectivity index (χ2n) is 12.6. The van der Waals surface area contributed by atoms with Crippen molar-refractivity contribution in [3.8, 4) is 22.5 Å². The Labute approximate surface area is 274 Å². The summed E-state index contributed by atoms with van der Waals surface area (Å²) in [7, 11) is 0. The minimum absolute atomic E-state index is 0.0645. The molecule has 6 rings (SSSR count). The zero-order chi connectivity index (χ0) is 32.6. The van der Waals surface area contributed by atoms with Crippen LogP contribution in [-0.4, -0.2) is 68.9 Å². The molecule has 47 heavy (non-hydrogen) atoms. The van der Waals surface area contributed by atoms with Crippen LogP contribution < -0.4 is 16.4 Å². The van der Waals surface area contributed by atoms with Crippen molar-refractivity contribution in [2.75, 3.05) is 25.0 Å². The van der Waals surface area contributed by atoms with Crippen LogP contribution in [0, 0.1) is 11.8 Å². The second kappa shape index (κ2) is 15.1. The lowest BCUT2D eigenvalue weighted by molar-refractivity contribution is -0.130. The fourth-order valence-electron chi connectivity index (χ4n) is 6.62. The largest absolute Gasteiger partial charge is 0.344 e. The molecule has 2 heterocycles. The molecule has 0 radical (unpaired) electrons. The lowest BCUT2D eigenvalue weighted by Crippen LogP contribution is -2.48. The number of tetrazole rings is 1. The maximum absolute atomic E-state index is 13.7. The first-order valence-corrected chi connectivity index (χ1v) is 16.6. The van der Waals surface area contributed by atoms with Gasteiger partial charge in [-0.15, -0.1) is 10.2 Å². The maximum Gasteiger partial charge on any atom is 0.254 e. The van der Waals surface area contributed by atoms with E-state index in [9.17, 15) is 14.4 Å². The van der Waals surface area contributed by atoms with Gasteiger partial charge in [-0.25, -0.2) is 0 Å². The lowest BCUT2D eigenvalue weighted by atomic mass is 9.81. The number of nitrogens with zero attached hydrogens (tertiary/aromatic N) is 4. The van der Waals surface area contributed by atoms with Crippen molar-refractivity contribution in [2.24, 2.45) is 17.6 Å². The molecule has 1 atom stereocenters. The standard InChI is InChI=1S/C36H42N8O3/c37-23-25-10-14-28(15-11-25)34(45)39-32(35(46)38-29-18-16-27(17-19-29)33-40-42-43-41-33)22-24-8-12-26(13-9-24)30-6-2-3-7-31(30)36(47)44-20-4-1-5-21-44/h2-3,6-9,12-13,16-19,25,28,32H,1,4-5,10-11,14-15,20-23,37H2,(H,38,46)(H,39,45)(H,40,41,42,43). The molecular weight excluding hydrogens is 592 g/mol. The molecule has 11 nitrogen and oxygen atoms in total. The Morgan fingerprint density at radius 3 is 2.26 bits per heavy atom. The van der Waals surface area contributed by atoms with E-state index in [1.807, 2.05) is 53.4 Å². The molecular formula is C36H42N8O3. The molecule has 1 unspecified atom stereocenters. The van der Waals surface area contributed by atoms with Crippen LogP contribution in [0.15, 0.2) is 72.8 Å². The van der Waals surface area contributed by atoms with Crippen LogP contribution in [0.25, 0.3) is 22.5 Å². The molecule has 5 N–H and O–H groups in total. The second-order valence-corrected chi connectivity index (χ2v) is 12.6. The average Bonchev–Trinajstić information content (AvgIpc) is 3.67. The summed E-state index contributed by atoms with van der Waals surface area (Å²) >= 11 is 0. The van der Waals surface area contributed by atoms with E-state index >= 15 is 0 Å². The van der Waals surface area contributed by atoms with E-state index in [-0.39, 0.29) is 23.6 Å². The Hall–Kier alpha value is -4.90. The number of hydrogen-bond donors (Lipinski definition) is 4. The summed E-state index contributed by atoms with van der Waals surface area (Å²) in [6.07, 6.45) is 6.92. The Bertz CT molecular complexity index is 1640. The van der Waals surface area contributed by atoms with Crippen molar-refractivity contribution in [1.82, 2.24) is 30.8 Å². The number of nitrogens with one attached hydrogen (secondary N) is 3. The van der Waals surface area contributed by atoms with Gasteiger partial charge in [-0.05, 0) is 110 Å². The summed E-state index contributed by atoms with van der Waals surface area (Å²) < 4.78 is 0. The molecule has 3 aromatic carbocycles. The minimum Gasteiger partial charge on any atom is -0.344 e. The van der Waals surface area contributed by atoms with Crippen LogP contribution in [0.2, 0.25) is 0 Å². The Morgan fingerprint density at radius 2 is 1.57 bits per heavy atom. The normalized spacial score (nSPS) is 18.7. The van der Waals surface area contributed by atoms with Gasteiger partial charge in [-0.2, -0.15) is 5.21 Å². The van der Waals surface area contributed by atoms with Gasteiger partial charge in [0.2, 0.25) is 17.6 Å². The summed E-state index contributed by atoms with van der Waals surface area (Å²) in [5.74, 6) is 0.428. The third kappa shape index (κ3) is 7.91. The van der Waals surface area contributed by atoms with Crippen molar-refractivity contribution in [3.05, 3.63) is 83.9 Å². The monoisotopic (exact) mass is 634 g/mol. The summed E-state index contributed by atoms with van der Waals surface area (Å²) in [5, 5.41) is 20.0. The first-order valence-electron chi connectivity index (χ1n) is 16.6. The molecule has 3 amide bonds. The van der Waals surface area contributed by atoms with Gasteiger partial charge < -0.3 is 21.3 Å². The van der Waals surface area contributed by atoms with Gasteiger partial charge in [0.15, 0.2) is 0 Å². The van der Waals surface area contributed by atoms with E-state index in [1.165, 1.54) is 0 Å². The third-order valence-corrected chi connectivity index (χ3v) is 9.45. The molecule has 2 aliphatic rings. The number of aromatic nitrogens is 4. The average molecular weight is 635 g/mol. The fourth-order valence-corrected chi connectivity index (χ4v) is 6.62. The van der Waals surface area contributed by atoms with Crippen LogP contribution in [0.4, 0.5) is 5.69 Å². The number of aromatic amines is 1. The van der Waals surface area contributed by atoms with Gasteiger partial charge in [0.1, 0.15) is 6.04 Å². The third-order valence-electron chi connectivity index (χ3n) is 9.45. The number of benzene rings is 3. The van der Waals surface area contributed by atoms with Gasteiger partial charge in [-0.3, -0.25) is 14.4 Å². The van der Waals surface area contributed by atoms with E-state index in [2.05, 4.69) is 31.3 Å². The van der Waals surface area contributed by atoms with E-state index in [0.717, 1.165) is 80.3 Å². The van der Waals surface area contributed by atoms with Gasteiger partial charge >= 0.3 is 0 Å². The van der Waals surface area contributed by atoms with Gasteiger partial charge in [0.05, 0.1) is 0 Å². The summed E-state index contributed by atoms with van der Waals surface area (Å²) in [6, 6.07) is 22.0. The Balaban J connectivity index is 1.18. The Kier molecular flexibility index (Phi) is 10.3. The first kappa shape index (κ1) is 32.1. The van der Waals surface area contributed by atoms with Crippen LogP contribution in [-0.2, 0) is 16.0 Å². The van der Waals surface area contributed by atoms with Gasteiger partial charge in [-0.1, -0.05) is 42.5 Å². The number of piperidine rings is 1. The van der Waals surface area contributed by atoms with E-state index in [0.29, 0.717) is 36.0 Å². The molecule has 1 aliphatic heterocycles. The van der Waals surface area contributed by atoms with Crippen molar-refractivity contribution in [1.29, 1.82) is 0 Å². The number of anilines is 1. The number of carbonyl (C=O) groups excluding carboxylic acids is 3. The number of hydrogen-bond acceptors (Lipinski definition) is 7. The van der Waals surface area contributed by atoms with Crippen molar-refractivity contribution >= 4 is 23.4 Å². The number of carbonyl (C=O) groups is 3. The lowest BCUT2D eigenvalue weighted by Gasteiger charge is -2.28. The van der Waals surface area contributed by atoms with Crippen LogP contribution in [0.1, 0.15) is 60.9 Å². The molecule has 2 fully saturated rings. The smallest absolute Gasteiger partial charge is 0.254 e. The quantitative estimate of drug-likeness (QED) is 0.199. The van der Waals surface area contributed by atoms with E-state index in [4.69, 9.17) is 5.73 Å². The highest BCUT2D eigenvalue weighted by Gasteiger charge is 2.29. The molecule has 0 bridgehead atoms. The highest BCUT2D eigenvalue weighted by Crippen LogP contribution is 2.29. The van der Waals surface area contributed by atoms with Gasteiger partial charge in [0.25, 0.3) is 5.91 Å². The maximum atomic E-state index is 13.7. The molecule has 1 saturated heterocycles. The molecule has 1 saturated carbocycles. The predicted molar refractivity (Wildman–Crippen MR) is 180 cm³/mol. The van der Waals surface area contributed by atoms with Crippen molar-refractivity contribution in [3.63, 3.8) is 0 Å². The highest BCUT2D eigenvalue weighted by molar-refractivity contribution is 6.01. The highest BCUT2D eigenvalue weighted by atomic mass is 16.2. The van der Waals surface area contributed by atoms with E-state index in [1.54, 1.807) is 24.3 Å². The van der Waals surface area contributed by atoms with Crippen LogP contribution >= 0.6 is 0 Å². The van der Waals surface area contributed by atoms with Gasteiger partial charge in [0, 0.05) is 42.2 Å². The van der Waals surface area contributed by atoms with Crippen LogP contribution in [0.5, 0.6) is 0 Å². The number of H-pyrrole nitrogens is 1. The molecule has 11 heteroatoms.